The molecule has 1 rings (SSSR count). The molecular weight excluding hydrogens is 316 g/mol. The molecule has 1 unspecified atom stereocenters. The van der Waals surface area contributed by atoms with Crippen molar-refractivity contribution in [2.45, 2.75) is 47.5 Å². The summed E-state index contributed by atoms with van der Waals surface area (Å²) < 4.78 is 20.0. The smallest absolute Gasteiger partial charge is 0.469 e. The summed E-state index contributed by atoms with van der Waals surface area (Å²) in [7, 11) is 1.34. The Morgan fingerprint density at radius 2 is 1.71 bits per heavy atom. The van der Waals surface area contributed by atoms with E-state index in [9.17, 15) is 14.4 Å². The van der Waals surface area contributed by atoms with Crippen molar-refractivity contribution in [2.24, 2.45) is 16.2 Å². The maximum atomic E-state index is 12.5. The van der Waals surface area contributed by atoms with Crippen LogP contribution < -0.4 is 0 Å². The van der Waals surface area contributed by atoms with Crippen LogP contribution in [0.3, 0.4) is 0 Å². The Morgan fingerprint density at radius 1 is 1.17 bits per heavy atom. The topological polar surface area (TPSA) is 88.1 Å². The number of esters is 2. The first kappa shape index (κ1) is 20.3. The monoisotopic (exact) mass is 344 g/mol. The van der Waals surface area contributed by atoms with Crippen LogP contribution in [0.2, 0.25) is 0 Å². The van der Waals surface area contributed by atoms with E-state index in [1.807, 2.05) is 13.8 Å². The van der Waals surface area contributed by atoms with Gasteiger partial charge in [0.05, 0.1) is 23.4 Å². The summed E-state index contributed by atoms with van der Waals surface area (Å²) in [6.45, 7) is 9.30. The third-order valence-corrected chi connectivity index (χ3v) is 4.47. The number of hydrogen-bond donors (Lipinski definition) is 0. The molecule has 1 fully saturated rings. The highest BCUT2D eigenvalue weighted by molar-refractivity contribution is 5.80. The zero-order valence-corrected chi connectivity index (χ0v) is 15.4. The molecule has 1 aliphatic heterocycles. The molecule has 1 atom stereocenters. The second kappa shape index (κ2) is 7.40. The zero-order chi connectivity index (χ0) is 18.6. The lowest BCUT2D eigenvalue weighted by atomic mass is 9.72. The van der Waals surface area contributed by atoms with Crippen molar-refractivity contribution in [3.63, 3.8) is 0 Å². The van der Waals surface area contributed by atoms with Crippen molar-refractivity contribution in [1.82, 2.24) is 0 Å². The molecule has 1 heterocycles. The van der Waals surface area contributed by atoms with Crippen LogP contribution >= 0.6 is 0 Å². The number of rotatable bonds is 7. The molecule has 1 saturated heterocycles. The lowest BCUT2D eigenvalue weighted by Crippen LogP contribution is -2.43. The summed E-state index contributed by atoms with van der Waals surface area (Å²) in [6, 6.07) is 0. The minimum atomic E-state index is -0.860. The number of carbonyl (C=O) groups is 3. The first-order valence-electron chi connectivity index (χ1n) is 8.03. The van der Waals surface area contributed by atoms with Gasteiger partial charge in [-0.05, 0) is 40.5 Å². The Kier molecular flexibility index (Phi) is 6.25. The second-order valence-electron chi connectivity index (χ2n) is 7.68. The van der Waals surface area contributed by atoms with E-state index in [-0.39, 0.29) is 25.8 Å². The van der Waals surface area contributed by atoms with Gasteiger partial charge in [-0.15, -0.1) is 0 Å². The van der Waals surface area contributed by atoms with Gasteiger partial charge >= 0.3 is 18.1 Å². The molecule has 138 valence electrons. The number of hydrogen-bond acceptors (Lipinski definition) is 7. The SMILES string of the molecule is CCC(C)(CC(C)(C)C(=O)OCC1(C)COC(=O)OC1)C(=O)OC. The van der Waals surface area contributed by atoms with Crippen LogP contribution in [0, 0.1) is 16.2 Å². The molecule has 0 amide bonds. The van der Waals surface area contributed by atoms with Crippen molar-refractivity contribution in [2.75, 3.05) is 26.9 Å². The maximum absolute atomic E-state index is 12.5. The molecule has 0 radical (unpaired) electrons. The minimum Gasteiger partial charge on any atom is -0.469 e. The van der Waals surface area contributed by atoms with E-state index in [0.29, 0.717) is 12.8 Å². The van der Waals surface area contributed by atoms with Gasteiger partial charge in [-0.3, -0.25) is 9.59 Å². The second-order valence-corrected chi connectivity index (χ2v) is 7.68. The highest BCUT2D eigenvalue weighted by Crippen LogP contribution is 2.38. The van der Waals surface area contributed by atoms with Crippen LogP contribution in [0.15, 0.2) is 0 Å². The summed E-state index contributed by atoms with van der Waals surface area (Å²) in [5.41, 5.74) is -2.19. The molecule has 0 N–H and O–H groups in total. The van der Waals surface area contributed by atoms with Crippen LogP contribution in [-0.4, -0.2) is 45.0 Å². The van der Waals surface area contributed by atoms with Crippen LogP contribution in [0.4, 0.5) is 4.79 Å². The largest absolute Gasteiger partial charge is 0.508 e. The molecule has 1 aliphatic rings. The molecule has 0 aromatic carbocycles. The fourth-order valence-electron chi connectivity index (χ4n) is 2.70. The lowest BCUT2D eigenvalue weighted by molar-refractivity contribution is -0.166. The number of methoxy groups -OCH3 is 1. The minimum absolute atomic E-state index is 0.0730. The van der Waals surface area contributed by atoms with Crippen molar-refractivity contribution in [3.8, 4) is 0 Å². The van der Waals surface area contributed by atoms with Gasteiger partial charge in [0.1, 0.15) is 19.8 Å². The summed E-state index contributed by atoms with van der Waals surface area (Å²) in [5.74, 6) is -0.755. The molecule has 0 aliphatic carbocycles. The summed E-state index contributed by atoms with van der Waals surface area (Å²) in [5, 5.41) is 0. The Bertz CT molecular complexity index is 487. The first-order chi connectivity index (χ1) is 11.0. The highest BCUT2D eigenvalue weighted by atomic mass is 16.7. The van der Waals surface area contributed by atoms with Crippen molar-refractivity contribution >= 4 is 18.1 Å². The van der Waals surface area contributed by atoms with Gasteiger partial charge in [0.15, 0.2) is 0 Å². The average molecular weight is 344 g/mol. The standard InChI is InChI=1S/C17H28O7/c1-7-17(5,13(19)21-6)8-15(2,3)12(18)22-9-16(4)10-23-14(20)24-11-16/h7-11H2,1-6H3. The van der Waals surface area contributed by atoms with Crippen molar-refractivity contribution in [3.05, 3.63) is 0 Å². The van der Waals surface area contributed by atoms with Crippen molar-refractivity contribution in [1.29, 1.82) is 0 Å². The van der Waals surface area contributed by atoms with Crippen LogP contribution in [-0.2, 0) is 28.5 Å². The van der Waals surface area contributed by atoms with Gasteiger partial charge in [0.2, 0.25) is 0 Å². The highest BCUT2D eigenvalue weighted by Gasteiger charge is 2.43. The molecular formula is C17H28O7. The van der Waals surface area contributed by atoms with Gasteiger partial charge in [0, 0.05) is 0 Å². The molecule has 0 saturated carbocycles. The Morgan fingerprint density at radius 3 is 2.17 bits per heavy atom. The summed E-state index contributed by atoms with van der Waals surface area (Å²) in [6.07, 6.45) is 0.151. The molecule has 7 heteroatoms. The van der Waals surface area contributed by atoms with Crippen LogP contribution in [0.25, 0.3) is 0 Å². The van der Waals surface area contributed by atoms with Crippen LogP contribution in [0.1, 0.15) is 47.5 Å². The molecule has 0 spiro atoms. The van der Waals surface area contributed by atoms with Gasteiger partial charge in [-0.25, -0.2) is 4.79 Å². The fraction of sp³-hybridized carbons (Fsp3) is 0.824. The van der Waals surface area contributed by atoms with Gasteiger partial charge < -0.3 is 18.9 Å². The Hall–Kier alpha value is -1.79. The number of carbonyl (C=O) groups excluding carboxylic acids is 3. The van der Waals surface area contributed by atoms with E-state index in [1.54, 1.807) is 20.8 Å². The predicted molar refractivity (Wildman–Crippen MR) is 85.2 cm³/mol. The molecule has 24 heavy (non-hydrogen) atoms. The van der Waals surface area contributed by atoms with Gasteiger partial charge in [-0.2, -0.15) is 0 Å². The summed E-state index contributed by atoms with van der Waals surface area (Å²) >= 11 is 0. The first-order valence-corrected chi connectivity index (χ1v) is 8.03. The van der Waals surface area contributed by atoms with E-state index < -0.39 is 28.4 Å². The van der Waals surface area contributed by atoms with E-state index >= 15 is 0 Å². The molecule has 0 aromatic rings. The lowest BCUT2D eigenvalue weighted by Gasteiger charge is -2.35. The molecule has 0 aromatic heterocycles. The third-order valence-electron chi connectivity index (χ3n) is 4.47. The Labute approximate surface area is 143 Å². The van der Waals surface area contributed by atoms with E-state index in [4.69, 9.17) is 18.9 Å². The van der Waals surface area contributed by atoms with Gasteiger partial charge in [-0.1, -0.05) is 6.92 Å². The normalized spacial score (nSPS) is 19.5. The number of ether oxygens (including phenoxy) is 4. The van der Waals surface area contributed by atoms with E-state index in [1.165, 1.54) is 7.11 Å². The third kappa shape index (κ3) is 4.85. The van der Waals surface area contributed by atoms with Gasteiger partial charge in [0.25, 0.3) is 0 Å². The predicted octanol–water partition coefficient (Wildman–Crippen LogP) is 2.71. The van der Waals surface area contributed by atoms with E-state index in [0.717, 1.165) is 0 Å². The zero-order valence-electron chi connectivity index (χ0n) is 15.4. The average Bonchev–Trinajstić information content (AvgIpc) is 2.54. The quantitative estimate of drug-likeness (QED) is 0.518. The van der Waals surface area contributed by atoms with Crippen molar-refractivity contribution < 1.29 is 33.3 Å². The fourth-order valence-corrected chi connectivity index (χ4v) is 2.70. The van der Waals surface area contributed by atoms with Crippen LogP contribution in [0.5, 0.6) is 0 Å². The molecule has 0 bridgehead atoms. The Balaban J connectivity index is 2.68. The maximum Gasteiger partial charge on any atom is 0.508 e. The summed E-state index contributed by atoms with van der Waals surface area (Å²) in [4.78, 5) is 35.4. The van der Waals surface area contributed by atoms with E-state index in [2.05, 4.69) is 0 Å². The molecule has 7 nitrogen and oxygen atoms in total. The number of cyclic esters (lactones) is 2.